The van der Waals surface area contributed by atoms with Crippen LogP contribution in [0.15, 0.2) is 34.4 Å². The highest BCUT2D eigenvalue weighted by molar-refractivity contribution is 7.17. The third kappa shape index (κ3) is 4.04. The Morgan fingerprint density at radius 1 is 1.09 bits per heavy atom. The Bertz CT molecular complexity index is 1470. The van der Waals surface area contributed by atoms with Gasteiger partial charge in [0.25, 0.3) is 5.56 Å². The predicted molar refractivity (Wildman–Crippen MR) is 131 cm³/mol. The summed E-state index contributed by atoms with van der Waals surface area (Å²) < 4.78 is 15.0. The molecule has 5 heterocycles. The summed E-state index contributed by atoms with van der Waals surface area (Å²) in [7, 11) is 1.71. The molecule has 2 aliphatic heterocycles. The summed E-state index contributed by atoms with van der Waals surface area (Å²) in [5.41, 5.74) is 1.96. The summed E-state index contributed by atoms with van der Waals surface area (Å²) in [6.45, 7) is 4.27. The van der Waals surface area contributed by atoms with Crippen molar-refractivity contribution in [2.45, 2.75) is 25.8 Å². The first kappa shape index (κ1) is 22.1. The van der Waals surface area contributed by atoms with Gasteiger partial charge in [-0.15, -0.1) is 21.5 Å². The van der Waals surface area contributed by atoms with E-state index in [1.807, 2.05) is 32.9 Å². The number of benzene rings is 1. The predicted octanol–water partition coefficient (Wildman–Crippen LogP) is 2.04. The quantitative estimate of drug-likeness (QED) is 0.405. The lowest BCUT2D eigenvalue weighted by Crippen LogP contribution is -2.48. The van der Waals surface area contributed by atoms with Crippen molar-refractivity contribution in [3.8, 4) is 11.5 Å². The minimum Gasteiger partial charge on any atom is -0.454 e. The first-order valence-electron chi connectivity index (χ1n) is 11.8. The van der Waals surface area contributed by atoms with Gasteiger partial charge in [-0.3, -0.25) is 23.5 Å². The second-order valence-electron chi connectivity index (χ2n) is 8.95. The van der Waals surface area contributed by atoms with Crippen LogP contribution in [-0.4, -0.2) is 67.8 Å². The highest BCUT2D eigenvalue weighted by Crippen LogP contribution is 2.32. The van der Waals surface area contributed by atoms with Gasteiger partial charge in [0.1, 0.15) is 10.5 Å². The summed E-state index contributed by atoms with van der Waals surface area (Å²) >= 11 is 1.42. The van der Waals surface area contributed by atoms with E-state index in [1.165, 1.54) is 21.5 Å². The maximum atomic E-state index is 12.8. The van der Waals surface area contributed by atoms with Crippen LogP contribution in [0.3, 0.4) is 0 Å². The van der Waals surface area contributed by atoms with Crippen LogP contribution in [-0.2, 0) is 24.8 Å². The van der Waals surface area contributed by atoms with Crippen LogP contribution in [0.25, 0.3) is 16.0 Å². The molecule has 0 saturated carbocycles. The number of aryl methyl sites for hydroxylation is 2. The molecule has 11 heteroatoms. The summed E-state index contributed by atoms with van der Waals surface area (Å²) in [6.07, 6.45) is 1.78. The molecule has 182 valence electrons. The van der Waals surface area contributed by atoms with Crippen molar-refractivity contribution in [1.29, 1.82) is 0 Å². The number of fused-ring (bicyclic) bond motifs is 4. The molecule has 6 rings (SSSR count). The number of hydrogen-bond donors (Lipinski definition) is 0. The van der Waals surface area contributed by atoms with E-state index in [9.17, 15) is 9.59 Å². The Morgan fingerprint density at radius 3 is 2.77 bits per heavy atom. The van der Waals surface area contributed by atoms with Crippen LogP contribution in [0.1, 0.15) is 24.2 Å². The summed E-state index contributed by atoms with van der Waals surface area (Å²) in [5.74, 6) is 3.08. The SMILES string of the molecule is Cn1c(=O)c2sccc2n2c(CCCC(=O)N3CCN(Cc4ccc5c(c4)OCO5)CC3)nnc12. The standard InChI is InChI=1S/C24H26N6O4S/c1-27-23(32)22-17(7-12-35-22)30-20(25-26-24(27)30)3-2-4-21(31)29-10-8-28(9-11-29)14-16-5-6-18-19(13-16)34-15-33-18/h5-7,12-13H,2-4,8-11,14-15H2,1H3. The molecule has 3 aromatic heterocycles. The molecule has 1 amide bonds. The number of ether oxygens (including phenoxy) is 2. The molecule has 0 spiro atoms. The average Bonchev–Trinajstić information content (AvgIpc) is 3.62. The normalized spacial score (nSPS) is 16.0. The van der Waals surface area contributed by atoms with E-state index in [2.05, 4.69) is 21.2 Å². The number of hydrogen-bond acceptors (Lipinski definition) is 8. The summed E-state index contributed by atoms with van der Waals surface area (Å²) in [4.78, 5) is 29.7. The highest BCUT2D eigenvalue weighted by atomic mass is 32.1. The van der Waals surface area contributed by atoms with Gasteiger partial charge in [-0.05, 0) is 35.6 Å². The van der Waals surface area contributed by atoms with E-state index in [-0.39, 0.29) is 18.3 Å². The minimum atomic E-state index is -0.0608. The van der Waals surface area contributed by atoms with Crippen LogP contribution in [0.4, 0.5) is 0 Å². The van der Waals surface area contributed by atoms with E-state index in [0.29, 0.717) is 29.7 Å². The van der Waals surface area contributed by atoms with E-state index in [1.54, 1.807) is 7.05 Å². The van der Waals surface area contributed by atoms with Crippen LogP contribution in [0, 0.1) is 0 Å². The highest BCUT2D eigenvalue weighted by Gasteiger charge is 2.22. The van der Waals surface area contributed by atoms with Crippen molar-refractivity contribution in [2.75, 3.05) is 33.0 Å². The summed E-state index contributed by atoms with van der Waals surface area (Å²) in [6, 6.07) is 7.99. The van der Waals surface area contributed by atoms with Gasteiger partial charge in [-0.25, -0.2) is 0 Å². The molecule has 0 bridgehead atoms. The largest absolute Gasteiger partial charge is 0.454 e. The maximum Gasteiger partial charge on any atom is 0.272 e. The molecule has 0 aliphatic carbocycles. The van der Waals surface area contributed by atoms with E-state index < -0.39 is 0 Å². The zero-order valence-corrected chi connectivity index (χ0v) is 20.3. The van der Waals surface area contributed by atoms with Crippen molar-refractivity contribution in [3.05, 3.63) is 51.4 Å². The maximum absolute atomic E-state index is 12.8. The molecule has 10 nitrogen and oxygen atoms in total. The van der Waals surface area contributed by atoms with Crippen LogP contribution < -0.4 is 15.0 Å². The lowest BCUT2D eigenvalue weighted by molar-refractivity contribution is -0.133. The van der Waals surface area contributed by atoms with Gasteiger partial charge in [0, 0.05) is 52.6 Å². The monoisotopic (exact) mass is 494 g/mol. The van der Waals surface area contributed by atoms with Gasteiger partial charge in [-0.1, -0.05) is 6.07 Å². The Hall–Kier alpha value is -3.44. The zero-order valence-electron chi connectivity index (χ0n) is 19.5. The average molecular weight is 495 g/mol. The van der Waals surface area contributed by atoms with E-state index in [0.717, 1.165) is 55.6 Å². The van der Waals surface area contributed by atoms with Crippen molar-refractivity contribution < 1.29 is 14.3 Å². The number of carbonyl (C=O) groups excluding carboxylic acids is 1. The van der Waals surface area contributed by atoms with Gasteiger partial charge in [0.05, 0.1) is 5.52 Å². The molecule has 0 atom stereocenters. The second-order valence-corrected chi connectivity index (χ2v) is 9.86. The van der Waals surface area contributed by atoms with Gasteiger partial charge in [0.2, 0.25) is 18.5 Å². The molecular formula is C24H26N6O4S. The van der Waals surface area contributed by atoms with Gasteiger partial charge >= 0.3 is 0 Å². The molecule has 0 unspecified atom stereocenters. The molecule has 1 fully saturated rings. The zero-order chi connectivity index (χ0) is 23.9. The lowest BCUT2D eigenvalue weighted by Gasteiger charge is -2.34. The van der Waals surface area contributed by atoms with E-state index in [4.69, 9.17) is 9.47 Å². The fourth-order valence-electron chi connectivity index (χ4n) is 4.82. The van der Waals surface area contributed by atoms with E-state index >= 15 is 0 Å². The van der Waals surface area contributed by atoms with Crippen molar-refractivity contribution in [1.82, 2.24) is 29.0 Å². The third-order valence-corrected chi connectivity index (χ3v) is 7.65. The Labute approximate surface area is 205 Å². The Morgan fingerprint density at radius 2 is 1.91 bits per heavy atom. The van der Waals surface area contributed by atoms with Crippen molar-refractivity contribution in [3.63, 3.8) is 0 Å². The van der Waals surface area contributed by atoms with Gasteiger partial charge < -0.3 is 14.4 Å². The van der Waals surface area contributed by atoms with Gasteiger partial charge in [-0.2, -0.15) is 0 Å². The Balaban J connectivity index is 1.03. The molecule has 0 N–H and O–H groups in total. The minimum absolute atomic E-state index is 0.0608. The fraction of sp³-hybridized carbons (Fsp3) is 0.417. The third-order valence-electron chi connectivity index (χ3n) is 6.76. The first-order chi connectivity index (χ1) is 17.1. The van der Waals surface area contributed by atoms with Crippen LogP contribution >= 0.6 is 11.3 Å². The number of thiophene rings is 1. The molecule has 35 heavy (non-hydrogen) atoms. The number of carbonyl (C=O) groups is 1. The van der Waals surface area contributed by atoms with Gasteiger partial charge in [0.15, 0.2) is 11.5 Å². The fourth-order valence-corrected chi connectivity index (χ4v) is 5.67. The number of rotatable bonds is 6. The number of nitrogens with zero attached hydrogens (tertiary/aromatic N) is 6. The smallest absolute Gasteiger partial charge is 0.272 e. The topological polar surface area (TPSA) is 94.2 Å². The van der Waals surface area contributed by atoms with Crippen molar-refractivity contribution >= 4 is 33.2 Å². The Kier molecular flexibility index (Phi) is 5.65. The summed E-state index contributed by atoms with van der Waals surface area (Å²) in [5, 5.41) is 10.4. The molecule has 0 radical (unpaired) electrons. The first-order valence-corrected chi connectivity index (χ1v) is 12.7. The number of piperazine rings is 1. The molecule has 2 aliphatic rings. The second kappa shape index (κ2) is 8.97. The van der Waals surface area contributed by atoms with Crippen molar-refractivity contribution in [2.24, 2.45) is 7.05 Å². The molecular weight excluding hydrogens is 468 g/mol. The van der Waals surface area contributed by atoms with Crippen LogP contribution in [0.2, 0.25) is 0 Å². The van der Waals surface area contributed by atoms with Crippen LogP contribution in [0.5, 0.6) is 11.5 Å². The number of aromatic nitrogens is 4. The molecule has 1 aromatic carbocycles. The molecule has 4 aromatic rings. The number of amides is 1. The molecule has 1 saturated heterocycles. The lowest BCUT2D eigenvalue weighted by atomic mass is 10.1.